The van der Waals surface area contributed by atoms with E-state index in [1.54, 1.807) is 13.1 Å². The Labute approximate surface area is 253 Å². The topological polar surface area (TPSA) is 169 Å². The SMILES string of the molecule is CC(=O)N1CCN(CC(O)COc2ccc(-c3nc4ncc(Br)cc4[nH]3)cc2)CC1.O=C(O)C(F)(F)F.O=C(O)C(F)(F)F. The highest BCUT2D eigenvalue weighted by molar-refractivity contribution is 9.10. The first kappa shape index (κ1) is 36.2. The van der Waals surface area contributed by atoms with Gasteiger partial charge in [-0.1, -0.05) is 0 Å². The fraction of sp³-hybridized carbons (Fsp3) is 0.400. The van der Waals surface area contributed by atoms with Gasteiger partial charge < -0.3 is 29.9 Å². The number of aliphatic hydroxyl groups is 1. The number of carboxylic acids is 2. The van der Waals surface area contributed by atoms with Gasteiger partial charge in [0.1, 0.15) is 24.3 Å². The number of aromatic nitrogens is 3. The number of carbonyl (C=O) groups excluding carboxylic acids is 1. The second kappa shape index (κ2) is 15.7. The number of carbonyl (C=O) groups is 3. The van der Waals surface area contributed by atoms with E-state index in [0.29, 0.717) is 31.0 Å². The molecule has 1 aliphatic heterocycles. The molecule has 1 aliphatic rings. The molecule has 0 radical (unpaired) electrons. The number of nitrogens with zero attached hydrogens (tertiary/aromatic N) is 4. The molecule has 1 atom stereocenters. The van der Waals surface area contributed by atoms with E-state index in [-0.39, 0.29) is 12.5 Å². The number of hydrogen-bond acceptors (Lipinski definition) is 8. The largest absolute Gasteiger partial charge is 0.491 e. The molecule has 0 spiro atoms. The number of amides is 1. The van der Waals surface area contributed by atoms with E-state index in [1.807, 2.05) is 35.2 Å². The molecule has 3 heterocycles. The first-order valence-corrected chi connectivity index (χ1v) is 13.2. The van der Waals surface area contributed by atoms with E-state index in [0.717, 1.165) is 34.5 Å². The van der Waals surface area contributed by atoms with Gasteiger partial charge in [-0.15, -0.1) is 0 Å². The van der Waals surface area contributed by atoms with E-state index in [2.05, 4.69) is 35.8 Å². The van der Waals surface area contributed by atoms with Crippen LogP contribution in [-0.2, 0) is 14.4 Å². The average Bonchev–Trinajstić information content (AvgIpc) is 3.35. The summed E-state index contributed by atoms with van der Waals surface area (Å²) in [6.07, 6.45) is -9.04. The lowest BCUT2D eigenvalue weighted by molar-refractivity contribution is -0.193. The highest BCUT2D eigenvalue weighted by Crippen LogP contribution is 2.24. The fourth-order valence-electron chi connectivity index (χ4n) is 3.51. The van der Waals surface area contributed by atoms with Crippen molar-refractivity contribution < 1.29 is 60.8 Å². The molecular weight excluding hydrogens is 676 g/mol. The number of H-pyrrole nitrogens is 1. The van der Waals surface area contributed by atoms with Gasteiger partial charge in [0.15, 0.2) is 5.65 Å². The minimum atomic E-state index is -5.08. The first-order valence-electron chi connectivity index (χ1n) is 12.4. The van der Waals surface area contributed by atoms with Crippen LogP contribution in [-0.4, -0.2) is 116 Å². The molecule has 0 bridgehead atoms. The first-order chi connectivity index (χ1) is 20.4. The molecular formula is C25H26BrF6N5O7. The van der Waals surface area contributed by atoms with E-state index in [4.69, 9.17) is 24.5 Å². The highest BCUT2D eigenvalue weighted by atomic mass is 79.9. The monoisotopic (exact) mass is 701 g/mol. The number of aliphatic carboxylic acids is 2. The number of carboxylic acid groups (broad SMARTS) is 2. The van der Waals surface area contributed by atoms with Crippen LogP contribution in [0.5, 0.6) is 5.75 Å². The van der Waals surface area contributed by atoms with Crippen molar-refractivity contribution in [3.05, 3.63) is 41.0 Å². The lowest BCUT2D eigenvalue weighted by Crippen LogP contribution is -2.50. The maximum Gasteiger partial charge on any atom is 0.490 e. The van der Waals surface area contributed by atoms with Crippen molar-refractivity contribution >= 4 is 44.9 Å². The number of aliphatic hydroxyl groups excluding tert-OH is 1. The Kier molecular flexibility index (Phi) is 12.9. The number of nitrogens with one attached hydrogen (secondary N) is 1. The number of pyridine rings is 1. The van der Waals surface area contributed by atoms with Crippen LogP contribution in [0.25, 0.3) is 22.6 Å². The smallest absolute Gasteiger partial charge is 0.490 e. The van der Waals surface area contributed by atoms with Gasteiger partial charge >= 0.3 is 24.3 Å². The summed E-state index contributed by atoms with van der Waals surface area (Å²) in [5.41, 5.74) is 2.47. The summed E-state index contributed by atoms with van der Waals surface area (Å²) in [5, 5.41) is 24.6. The van der Waals surface area contributed by atoms with Crippen LogP contribution in [0.15, 0.2) is 41.0 Å². The molecule has 1 fully saturated rings. The van der Waals surface area contributed by atoms with Gasteiger partial charge in [0.25, 0.3) is 0 Å². The molecule has 0 aliphatic carbocycles. The van der Waals surface area contributed by atoms with E-state index < -0.39 is 30.4 Å². The number of piperazine rings is 1. The van der Waals surface area contributed by atoms with Crippen molar-refractivity contribution in [2.75, 3.05) is 39.3 Å². The lowest BCUT2D eigenvalue weighted by atomic mass is 10.2. The van der Waals surface area contributed by atoms with Crippen molar-refractivity contribution in [1.82, 2.24) is 24.8 Å². The van der Waals surface area contributed by atoms with Crippen LogP contribution >= 0.6 is 15.9 Å². The molecule has 44 heavy (non-hydrogen) atoms. The number of alkyl halides is 6. The Bertz CT molecular complexity index is 1390. The minimum Gasteiger partial charge on any atom is -0.491 e. The van der Waals surface area contributed by atoms with Gasteiger partial charge in [0.05, 0.1) is 5.52 Å². The molecule has 242 valence electrons. The van der Waals surface area contributed by atoms with Crippen molar-refractivity contribution in [1.29, 1.82) is 0 Å². The number of rotatable bonds is 6. The second-order valence-electron chi connectivity index (χ2n) is 9.01. The average molecular weight is 702 g/mol. The number of fused-ring (bicyclic) bond motifs is 1. The standard InChI is InChI=1S/C21H24BrN5O3.2C2HF3O2/c1-14(28)27-8-6-26(7-9-27)12-17(29)13-30-18-4-2-15(3-5-18)20-24-19-10-16(22)11-23-21(19)25-20;2*3-2(4,5)1(6)7/h2-5,10-11,17,29H,6-9,12-13H2,1H3,(H,23,24,25);2*(H,6,7). The molecule has 19 heteroatoms. The summed E-state index contributed by atoms with van der Waals surface area (Å²) < 4.78 is 70.1. The molecule has 1 amide bonds. The van der Waals surface area contributed by atoms with E-state index in [1.165, 1.54) is 0 Å². The molecule has 3 aromatic rings. The Balaban J connectivity index is 0.000000402. The number of halogens is 7. The van der Waals surface area contributed by atoms with Gasteiger partial charge in [0.2, 0.25) is 5.91 Å². The zero-order valence-corrected chi connectivity index (χ0v) is 24.3. The minimum absolute atomic E-state index is 0.105. The maximum absolute atomic E-state index is 11.4. The summed E-state index contributed by atoms with van der Waals surface area (Å²) in [6, 6.07) is 9.52. The number of ether oxygens (including phenoxy) is 1. The van der Waals surface area contributed by atoms with Gasteiger partial charge in [-0.2, -0.15) is 26.3 Å². The fourth-order valence-corrected chi connectivity index (χ4v) is 3.84. The van der Waals surface area contributed by atoms with Crippen molar-refractivity contribution in [3.63, 3.8) is 0 Å². The molecule has 1 saturated heterocycles. The summed E-state index contributed by atoms with van der Waals surface area (Å²) in [5.74, 6) is -3.98. The van der Waals surface area contributed by atoms with Crippen molar-refractivity contribution in [2.24, 2.45) is 0 Å². The molecule has 4 rings (SSSR count). The zero-order chi connectivity index (χ0) is 33.2. The number of imidazole rings is 1. The number of aromatic amines is 1. The van der Waals surface area contributed by atoms with Crippen LogP contribution in [0.3, 0.4) is 0 Å². The Hall–Kier alpha value is -3.97. The van der Waals surface area contributed by atoms with Gasteiger partial charge in [0, 0.05) is 55.9 Å². The molecule has 2 aromatic heterocycles. The quantitative estimate of drug-likeness (QED) is 0.279. The normalized spacial score (nSPS) is 14.5. The molecule has 12 nitrogen and oxygen atoms in total. The van der Waals surface area contributed by atoms with Crippen LogP contribution in [0.1, 0.15) is 6.92 Å². The van der Waals surface area contributed by atoms with Crippen LogP contribution in [0.2, 0.25) is 0 Å². The Morgan fingerprint density at radius 3 is 2.00 bits per heavy atom. The molecule has 4 N–H and O–H groups in total. The Morgan fingerprint density at radius 2 is 1.52 bits per heavy atom. The number of benzene rings is 1. The summed E-state index contributed by atoms with van der Waals surface area (Å²) in [7, 11) is 0. The van der Waals surface area contributed by atoms with E-state index >= 15 is 0 Å². The number of β-amino-alcohol motifs (C(OH)–C–C–N with tert-alkyl or cyclic N) is 1. The summed E-state index contributed by atoms with van der Waals surface area (Å²) in [6.45, 7) is 5.30. The second-order valence-corrected chi connectivity index (χ2v) is 9.93. The van der Waals surface area contributed by atoms with Gasteiger partial charge in [-0.25, -0.2) is 19.6 Å². The van der Waals surface area contributed by atoms with E-state index in [9.17, 15) is 36.2 Å². The third kappa shape index (κ3) is 12.0. The van der Waals surface area contributed by atoms with Crippen molar-refractivity contribution in [3.8, 4) is 17.1 Å². The zero-order valence-electron chi connectivity index (χ0n) is 22.7. The molecule has 1 unspecified atom stereocenters. The third-order valence-electron chi connectivity index (χ3n) is 5.65. The predicted molar refractivity (Wildman–Crippen MR) is 145 cm³/mol. The van der Waals surface area contributed by atoms with Crippen LogP contribution in [0, 0.1) is 0 Å². The lowest BCUT2D eigenvalue weighted by Gasteiger charge is -2.35. The maximum atomic E-state index is 11.4. The van der Waals surface area contributed by atoms with Crippen molar-refractivity contribution in [2.45, 2.75) is 25.4 Å². The van der Waals surface area contributed by atoms with Gasteiger partial charge in [-0.05, 0) is 46.3 Å². The molecule has 0 saturated carbocycles. The Morgan fingerprint density at radius 1 is 1.00 bits per heavy atom. The highest BCUT2D eigenvalue weighted by Gasteiger charge is 2.38. The molecule has 1 aromatic carbocycles. The number of hydrogen-bond donors (Lipinski definition) is 4. The summed E-state index contributed by atoms with van der Waals surface area (Å²) >= 11 is 3.41. The van der Waals surface area contributed by atoms with Crippen LogP contribution < -0.4 is 4.74 Å². The predicted octanol–water partition coefficient (Wildman–Crippen LogP) is 3.56. The third-order valence-corrected chi connectivity index (χ3v) is 6.08. The van der Waals surface area contributed by atoms with Gasteiger partial charge in [-0.3, -0.25) is 9.69 Å². The van der Waals surface area contributed by atoms with Crippen LogP contribution in [0.4, 0.5) is 26.3 Å². The summed E-state index contributed by atoms with van der Waals surface area (Å²) in [4.78, 5) is 45.2.